The van der Waals surface area contributed by atoms with Gasteiger partial charge >= 0.3 is 0 Å². The van der Waals surface area contributed by atoms with Gasteiger partial charge in [0.2, 0.25) is 11.5 Å². The number of phenolic OH excluding ortho intramolecular Hbond substituents is 7. The highest BCUT2D eigenvalue weighted by molar-refractivity contribution is 6.29. The van der Waals surface area contributed by atoms with Gasteiger partial charge in [-0.25, -0.2) is 0 Å². The molecule has 0 radical (unpaired) electrons. The molecule has 7 N–H and O–H groups in total. The first kappa shape index (κ1) is 26.2. The summed E-state index contributed by atoms with van der Waals surface area (Å²) in [7, 11) is 0. The van der Waals surface area contributed by atoms with Crippen LogP contribution in [0, 0.1) is 0 Å². The van der Waals surface area contributed by atoms with Gasteiger partial charge in [-0.15, -0.1) is 0 Å². The molecule has 0 bridgehead atoms. The predicted molar refractivity (Wildman–Crippen MR) is 166 cm³/mol. The third kappa shape index (κ3) is 3.37. The van der Waals surface area contributed by atoms with Gasteiger partial charge < -0.3 is 45.6 Å². The van der Waals surface area contributed by atoms with Crippen LogP contribution in [0.5, 0.6) is 57.5 Å². The summed E-state index contributed by atoms with van der Waals surface area (Å²) in [5, 5.41) is 91.3. The molecule has 8 rings (SSSR count). The van der Waals surface area contributed by atoms with E-state index in [4.69, 9.17) is 4.74 Å². The van der Waals surface area contributed by atoms with Crippen molar-refractivity contribution in [1.29, 1.82) is 0 Å². The van der Waals surface area contributed by atoms with E-state index >= 15 is 0 Å². The molecule has 45 heavy (non-hydrogen) atoms. The highest BCUT2D eigenvalue weighted by Gasteiger charge is 2.31. The molecule has 0 saturated heterocycles. The summed E-state index contributed by atoms with van der Waals surface area (Å²) in [4.78, 5) is 0. The molecule has 220 valence electrons. The maximum Gasteiger partial charge on any atom is 0.204 e. The van der Waals surface area contributed by atoms with Crippen molar-refractivity contribution in [1.82, 2.24) is 0 Å². The number of benzene rings is 7. The Kier molecular flexibility index (Phi) is 5.24. The number of hydrogen-bond donors (Lipinski definition) is 7. The van der Waals surface area contributed by atoms with Crippen LogP contribution in [0.15, 0.2) is 84.9 Å². The van der Waals surface area contributed by atoms with Crippen molar-refractivity contribution in [2.45, 2.75) is 0 Å². The topological polar surface area (TPSA) is 174 Å². The molecule has 9 heteroatoms. The summed E-state index contributed by atoms with van der Waals surface area (Å²) in [6.45, 7) is 0. The van der Waals surface area contributed by atoms with Crippen molar-refractivity contribution < 1.29 is 45.6 Å². The van der Waals surface area contributed by atoms with E-state index in [2.05, 4.69) is 0 Å². The largest absolute Gasteiger partial charge is 0.869 e. The lowest BCUT2D eigenvalue weighted by Crippen LogP contribution is -2.00. The predicted octanol–water partition coefficient (Wildman–Crippen LogP) is 7.27. The minimum Gasteiger partial charge on any atom is -0.869 e. The lowest BCUT2D eigenvalue weighted by Gasteiger charge is -2.26. The highest BCUT2D eigenvalue weighted by atomic mass is 16.5. The maximum absolute atomic E-state index is 13.8. The highest BCUT2D eigenvalue weighted by Crippen LogP contribution is 2.61. The maximum atomic E-state index is 13.8. The van der Waals surface area contributed by atoms with Gasteiger partial charge in [0.25, 0.3) is 0 Å². The number of aromatic hydroxyl groups is 7. The van der Waals surface area contributed by atoms with E-state index in [1.165, 1.54) is 0 Å². The van der Waals surface area contributed by atoms with Crippen LogP contribution in [0.1, 0.15) is 0 Å². The minimum absolute atomic E-state index is 0.0666. The number of rotatable bonds is 2. The van der Waals surface area contributed by atoms with Crippen molar-refractivity contribution in [2.24, 2.45) is 0 Å². The standard InChI is InChI=1S/C36H22O9/c37-29-25-23(16-6-2-1-3-7-16)26-28(32(40)36(44)34(42)30(26)38)24(27(25)31(39)35(43)33(29)41)17-12-13-20-19(14-17)18-10-4-8-15-9-5-11-21(45-20)22(15)18/h1-14,37-44H/p-1. The van der Waals surface area contributed by atoms with Crippen LogP contribution in [-0.2, 0) is 0 Å². The molecule has 0 spiro atoms. The summed E-state index contributed by atoms with van der Waals surface area (Å²) in [6.07, 6.45) is 0. The molecule has 0 saturated carbocycles. The van der Waals surface area contributed by atoms with Gasteiger partial charge in [-0.1, -0.05) is 72.5 Å². The van der Waals surface area contributed by atoms with Crippen LogP contribution in [0.3, 0.4) is 0 Å². The van der Waals surface area contributed by atoms with Gasteiger partial charge in [0.15, 0.2) is 28.7 Å². The van der Waals surface area contributed by atoms with Gasteiger partial charge in [-0.05, 0) is 45.7 Å². The average molecular weight is 598 g/mol. The molecule has 1 aliphatic rings. The smallest absolute Gasteiger partial charge is 0.204 e. The van der Waals surface area contributed by atoms with Crippen LogP contribution in [0.4, 0.5) is 0 Å². The van der Waals surface area contributed by atoms with E-state index in [1.807, 2.05) is 36.4 Å². The molecule has 0 unspecified atom stereocenters. The molecule has 7 aromatic rings. The normalized spacial score (nSPS) is 12.0. The van der Waals surface area contributed by atoms with E-state index in [0.29, 0.717) is 22.6 Å². The second kappa shape index (κ2) is 9.01. The van der Waals surface area contributed by atoms with Crippen LogP contribution in [-0.4, -0.2) is 35.7 Å². The van der Waals surface area contributed by atoms with Crippen LogP contribution in [0.2, 0.25) is 0 Å². The molecular formula is C36H21O9-. The summed E-state index contributed by atoms with van der Waals surface area (Å²) >= 11 is 0. The fourth-order valence-electron chi connectivity index (χ4n) is 6.51. The molecule has 9 nitrogen and oxygen atoms in total. The fourth-order valence-corrected chi connectivity index (χ4v) is 6.51. The average Bonchev–Trinajstić information content (AvgIpc) is 3.07. The summed E-state index contributed by atoms with van der Waals surface area (Å²) in [5.74, 6) is -6.78. The van der Waals surface area contributed by atoms with Gasteiger partial charge in [0, 0.05) is 38.2 Å². The van der Waals surface area contributed by atoms with E-state index in [9.17, 15) is 40.9 Å². The number of fused-ring (bicyclic) bond motifs is 4. The fraction of sp³-hybridized carbons (Fsp3) is 0. The van der Waals surface area contributed by atoms with Crippen LogP contribution >= 0.6 is 0 Å². The Morgan fingerprint density at radius 1 is 0.422 bits per heavy atom. The number of ether oxygens (including phenoxy) is 1. The quantitative estimate of drug-likeness (QED) is 0.0614. The molecule has 1 aliphatic heterocycles. The Labute approximate surface area is 253 Å². The molecule has 0 aliphatic carbocycles. The molecule has 7 aromatic carbocycles. The summed E-state index contributed by atoms with van der Waals surface area (Å²) in [6, 6.07) is 24.6. The van der Waals surface area contributed by atoms with Crippen molar-refractivity contribution in [2.75, 3.05) is 0 Å². The molecule has 0 amide bonds. The second-order valence-electron chi connectivity index (χ2n) is 10.9. The van der Waals surface area contributed by atoms with Crippen molar-refractivity contribution >= 4 is 32.3 Å². The van der Waals surface area contributed by atoms with Crippen LogP contribution < -0.4 is 9.84 Å². The Balaban J connectivity index is 1.61. The van der Waals surface area contributed by atoms with Gasteiger partial charge in [0.05, 0.1) is 0 Å². The SMILES string of the molecule is [O-]c1c(O)c(O)c(O)c2c(-c3ccc4c(c3)-c3cccc5cccc(c35)O4)c3c(O)c(O)c(O)c(O)c3c(-c3ccccc3)c12. The molecule has 0 atom stereocenters. The zero-order valence-corrected chi connectivity index (χ0v) is 23.0. The summed E-state index contributed by atoms with van der Waals surface area (Å²) < 4.78 is 6.21. The zero-order chi connectivity index (χ0) is 31.3. The Morgan fingerprint density at radius 2 is 1.00 bits per heavy atom. The monoisotopic (exact) mass is 597 g/mol. The van der Waals surface area contributed by atoms with E-state index in [1.54, 1.807) is 48.5 Å². The molecule has 1 heterocycles. The Morgan fingerprint density at radius 3 is 1.67 bits per heavy atom. The van der Waals surface area contributed by atoms with Crippen molar-refractivity contribution in [3.63, 3.8) is 0 Å². The second-order valence-corrected chi connectivity index (χ2v) is 10.9. The Bertz CT molecular complexity index is 2350. The van der Waals surface area contributed by atoms with E-state index in [-0.39, 0.29) is 38.2 Å². The van der Waals surface area contributed by atoms with Gasteiger partial charge in [-0.3, -0.25) is 0 Å². The minimum atomic E-state index is -1.13. The zero-order valence-electron chi connectivity index (χ0n) is 23.0. The van der Waals surface area contributed by atoms with E-state index < -0.39 is 46.0 Å². The van der Waals surface area contributed by atoms with Crippen molar-refractivity contribution in [3.05, 3.63) is 84.9 Å². The third-order valence-corrected chi connectivity index (χ3v) is 8.48. The number of phenols is 7. The van der Waals surface area contributed by atoms with E-state index in [0.717, 1.165) is 16.3 Å². The third-order valence-electron chi connectivity index (χ3n) is 8.48. The lowest BCUT2D eigenvalue weighted by molar-refractivity contribution is -0.267. The van der Waals surface area contributed by atoms with Gasteiger partial charge in [0.1, 0.15) is 11.5 Å². The van der Waals surface area contributed by atoms with Crippen molar-refractivity contribution in [3.8, 4) is 90.9 Å². The number of hydrogen-bond acceptors (Lipinski definition) is 9. The first-order valence-electron chi connectivity index (χ1n) is 13.8. The lowest BCUT2D eigenvalue weighted by atomic mass is 9.83. The molecular weight excluding hydrogens is 576 g/mol. The van der Waals surface area contributed by atoms with Crippen LogP contribution in [0.25, 0.3) is 65.7 Å². The first-order valence-corrected chi connectivity index (χ1v) is 13.8. The van der Waals surface area contributed by atoms with Gasteiger partial charge in [-0.2, -0.15) is 0 Å². The molecule has 0 fully saturated rings. The summed E-state index contributed by atoms with van der Waals surface area (Å²) in [5.41, 5.74) is 1.90. The molecule has 0 aromatic heterocycles. The Hall–Kier alpha value is -6.48. The first-order chi connectivity index (χ1) is 21.7.